The first kappa shape index (κ1) is 13.4. The first-order valence-corrected chi connectivity index (χ1v) is 7.37. The Morgan fingerprint density at radius 2 is 2.06 bits per heavy atom. The summed E-state index contributed by atoms with van der Waals surface area (Å²) in [6.45, 7) is 6.79. The van der Waals surface area contributed by atoms with Crippen molar-refractivity contribution in [2.75, 3.05) is 18.0 Å². The van der Waals surface area contributed by atoms with Gasteiger partial charge in [-0.1, -0.05) is 29.8 Å². The predicted molar refractivity (Wildman–Crippen MR) is 78.7 cm³/mol. The third-order valence-corrected chi connectivity index (χ3v) is 4.77. The van der Waals surface area contributed by atoms with E-state index in [-0.39, 0.29) is 0 Å². The van der Waals surface area contributed by atoms with E-state index in [0.29, 0.717) is 5.41 Å². The lowest BCUT2D eigenvalue weighted by atomic mass is 9.82. The fourth-order valence-electron chi connectivity index (χ4n) is 2.80. The van der Waals surface area contributed by atoms with E-state index in [1.54, 1.807) is 0 Å². The van der Waals surface area contributed by atoms with Crippen molar-refractivity contribution >= 4 is 21.6 Å². The molecule has 0 aromatic heterocycles. The Labute approximate surface area is 118 Å². The van der Waals surface area contributed by atoms with Gasteiger partial charge in [-0.2, -0.15) is 5.26 Å². The first-order valence-electron chi connectivity index (χ1n) is 6.58. The summed E-state index contributed by atoms with van der Waals surface area (Å²) in [6.07, 6.45) is 3.73. The summed E-state index contributed by atoms with van der Waals surface area (Å²) >= 11 is 3.49. The zero-order valence-electron chi connectivity index (χ0n) is 11.0. The van der Waals surface area contributed by atoms with E-state index < -0.39 is 0 Å². The van der Waals surface area contributed by atoms with Crippen LogP contribution in [0.2, 0.25) is 0 Å². The Balaban J connectivity index is 2.24. The van der Waals surface area contributed by atoms with Crippen LogP contribution in [-0.4, -0.2) is 13.1 Å². The van der Waals surface area contributed by atoms with Gasteiger partial charge in [0.05, 0.1) is 11.6 Å². The molecule has 0 spiro atoms. The van der Waals surface area contributed by atoms with Crippen LogP contribution in [0, 0.1) is 16.7 Å². The van der Waals surface area contributed by atoms with Crippen LogP contribution in [0.15, 0.2) is 22.7 Å². The summed E-state index contributed by atoms with van der Waals surface area (Å²) in [5.41, 5.74) is 2.37. The largest absolute Gasteiger partial charge is 0.371 e. The summed E-state index contributed by atoms with van der Waals surface area (Å²) in [4.78, 5) is 2.42. The molecule has 1 aliphatic rings. The molecular weight excluding hydrogens is 288 g/mol. The Kier molecular flexibility index (Phi) is 3.97. The fraction of sp³-hybridized carbons (Fsp3) is 0.533. The lowest BCUT2D eigenvalue weighted by Crippen LogP contribution is -2.26. The van der Waals surface area contributed by atoms with Crippen molar-refractivity contribution in [2.45, 2.75) is 33.1 Å². The molecular formula is C15H19BrN2. The van der Waals surface area contributed by atoms with Gasteiger partial charge in [-0.25, -0.2) is 0 Å². The second-order valence-corrected chi connectivity index (χ2v) is 6.10. The molecule has 1 fully saturated rings. The number of benzene rings is 1. The van der Waals surface area contributed by atoms with Crippen LogP contribution in [-0.2, 0) is 0 Å². The summed E-state index contributed by atoms with van der Waals surface area (Å²) in [6, 6.07) is 8.20. The Morgan fingerprint density at radius 3 is 2.61 bits per heavy atom. The highest BCUT2D eigenvalue weighted by molar-refractivity contribution is 9.10. The van der Waals surface area contributed by atoms with E-state index in [4.69, 9.17) is 5.26 Å². The molecule has 1 aromatic carbocycles. The van der Waals surface area contributed by atoms with Crippen molar-refractivity contribution in [2.24, 2.45) is 5.41 Å². The van der Waals surface area contributed by atoms with Gasteiger partial charge in [0.15, 0.2) is 0 Å². The maximum absolute atomic E-state index is 9.03. The first-order chi connectivity index (χ1) is 8.62. The summed E-state index contributed by atoms with van der Waals surface area (Å²) in [5, 5.41) is 9.03. The highest BCUT2D eigenvalue weighted by Gasteiger charge is 2.35. The van der Waals surface area contributed by atoms with Crippen LogP contribution >= 0.6 is 15.9 Å². The number of anilines is 1. The zero-order valence-corrected chi connectivity index (χ0v) is 12.6. The minimum absolute atomic E-state index is 0.467. The number of nitrogens with zero attached hydrogens (tertiary/aromatic N) is 2. The van der Waals surface area contributed by atoms with Gasteiger partial charge < -0.3 is 4.90 Å². The second kappa shape index (κ2) is 5.32. The molecule has 96 valence electrons. The lowest BCUT2D eigenvalue weighted by Gasteiger charge is -2.27. The molecule has 0 bridgehead atoms. The molecule has 1 aliphatic heterocycles. The maximum atomic E-state index is 9.03. The van der Waals surface area contributed by atoms with Crippen LogP contribution in [0.1, 0.15) is 38.7 Å². The standard InChI is InChI=1S/C15H19BrN2/c1-3-15(4-2)5-6-18(11-15)14-8-12(10-17)7-13(16)9-14/h7-9H,3-6,11H2,1-2H3. The highest BCUT2D eigenvalue weighted by Crippen LogP contribution is 2.39. The number of halogens is 1. The highest BCUT2D eigenvalue weighted by atomic mass is 79.9. The van der Waals surface area contributed by atoms with Gasteiger partial charge in [0.2, 0.25) is 0 Å². The number of hydrogen-bond donors (Lipinski definition) is 0. The van der Waals surface area contributed by atoms with Crippen molar-refractivity contribution in [3.8, 4) is 6.07 Å². The Bertz CT molecular complexity index is 472. The van der Waals surface area contributed by atoms with Gasteiger partial charge in [0, 0.05) is 23.2 Å². The average Bonchev–Trinajstić information content (AvgIpc) is 2.83. The Morgan fingerprint density at radius 1 is 1.33 bits per heavy atom. The van der Waals surface area contributed by atoms with Gasteiger partial charge in [-0.15, -0.1) is 0 Å². The molecule has 18 heavy (non-hydrogen) atoms. The van der Waals surface area contributed by atoms with Crippen molar-refractivity contribution < 1.29 is 0 Å². The van der Waals surface area contributed by atoms with E-state index in [1.807, 2.05) is 12.1 Å². The van der Waals surface area contributed by atoms with Gasteiger partial charge in [-0.3, -0.25) is 0 Å². The predicted octanol–water partition coefficient (Wildman–Crippen LogP) is 4.34. The minimum Gasteiger partial charge on any atom is -0.371 e. The van der Waals surface area contributed by atoms with Crippen molar-refractivity contribution in [3.63, 3.8) is 0 Å². The van der Waals surface area contributed by atoms with Crippen molar-refractivity contribution in [1.29, 1.82) is 5.26 Å². The molecule has 0 N–H and O–H groups in total. The van der Waals surface area contributed by atoms with Crippen molar-refractivity contribution in [3.05, 3.63) is 28.2 Å². The third-order valence-electron chi connectivity index (χ3n) is 4.32. The molecule has 0 unspecified atom stereocenters. The van der Waals surface area contributed by atoms with Gasteiger partial charge in [-0.05, 0) is 42.9 Å². The summed E-state index contributed by atoms with van der Waals surface area (Å²) in [5.74, 6) is 0. The lowest BCUT2D eigenvalue weighted by molar-refractivity contribution is 0.301. The minimum atomic E-state index is 0.467. The molecule has 3 heteroatoms. The summed E-state index contributed by atoms with van der Waals surface area (Å²) < 4.78 is 0.988. The normalized spacial score (nSPS) is 17.8. The van der Waals surface area contributed by atoms with Crippen LogP contribution in [0.25, 0.3) is 0 Å². The van der Waals surface area contributed by atoms with E-state index in [0.717, 1.165) is 23.1 Å². The van der Waals surface area contributed by atoms with E-state index in [9.17, 15) is 0 Å². The molecule has 2 rings (SSSR count). The quantitative estimate of drug-likeness (QED) is 0.830. The third kappa shape index (κ3) is 2.54. The van der Waals surface area contributed by atoms with Gasteiger partial charge in [0.1, 0.15) is 0 Å². The molecule has 1 heterocycles. The topological polar surface area (TPSA) is 27.0 Å². The Hall–Kier alpha value is -1.01. The second-order valence-electron chi connectivity index (χ2n) is 5.19. The molecule has 1 aromatic rings. The SMILES string of the molecule is CCC1(CC)CCN(c2cc(Br)cc(C#N)c2)C1. The molecule has 0 saturated carbocycles. The molecule has 2 nitrogen and oxygen atoms in total. The van der Waals surface area contributed by atoms with E-state index in [1.165, 1.54) is 24.9 Å². The van der Waals surface area contributed by atoms with Crippen molar-refractivity contribution in [1.82, 2.24) is 0 Å². The monoisotopic (exact) mass is 306 g/mol. The van der Waals surface area contributed by atoms with Crippen LogP contribution in [0.3, 0.4) is 0 Å². The zero-order chi connectivity index (χ0) is 13.2. The molecule has 0 radical (unpaired) electrons. The van der Waals surface area contributed by atoms with Crippen LogP contribution in [0.5, 0.6) is 0 Å². The smallest absolute Gasteiger partial charge is 0.0992 e. The van der Waals surface area contributed by atoms with E-state index >= 15 is 0 Å². The van der Waals surface area contributed by atoms with Crippen LogP contribution in [0.4, 0.5) is 5.69 Å². The summed E-state index contributed by atoms with van der Waals surface area (Å²) in [7, 11) is 0. The average molecular weight is 307 g/mol. The maximum Gasteiger partial charge on any atom is 0.0992 e. The molecule has 0 amide bonds. The van der Waals surface area contributed by atoms with Crippen LogP contribution < -0.4 is 4.90 Å². The molecule has 0 atom stereocenters. The molecule has 0 aliphatic carbocycles. The van der Waals surface area contributed by atoms with Gasteiger partial charge >= 0.3 is 0 Å². The fourth-order valence-corrected chi connectivity index (χ4v) is 3.29. The van der Waals surface area contributed by atoms with Gasteiger partial charge in [0.25, 0.3) is 0 Å². The number of hydrogen-bond acceptors (Lipinski definition) is 2. The van der Waals surface area contributed by atoms with E-state index in [2.05, 4.69) is 46.8 Å². The molecule has 1 saturated heterocycles. The number of nitriles is 1. The number of rotatable bonds is 3.